The quantitative estimate of drug-likeness (QED) is 0.0378. The number of carboxylic acids is 6. The summed E-state index contributed by atoms with van der Waals surface area (Å²) < 4.78 is 0. The zero-order chi connectivity index (χ0) is 39.8. The Bertz CT molecular complexity index is 1190. The second-order valence-corrected chi connectivity index (χ2v) is 11.5. The predicted molar refractivity (Wildman–Crippen MR) is 174 cm³/mol. The standard InChI is InChI=1S/C29H47N7O16/c30-15(13-20(37)31-11-3-1-5-16(24(43)44)33-28(51)35-18(26(47)48)7-9-22(39)40)14-21(38)32-12-4-2-6-17(25(45)46)34-29(52)36-19(27(49)50)8-10-23(41)42/h15-19H,1-14,30H2,(H,31,37)(H,32,38)(H,39,40)(H,41,42)(H,43,44)(H,45,46)(H,47,48)(H,49,50)(H2,33,35,51)(H2,34,36,52)/t15?,16-,17?,18+,19?/m1/s1. The lowest BCUT2D eigenvalue weighted by Crippen LogP contribution is -2.51. The van der Waals surface area contributed by atoms with Crippen LogP contribution in [0.3, 0.4) is 0 Å². The van der Waals surface area contributed by atoms with E-state index in [4.69, 9.17) is 26.2 Å². The number of carbonyl (C=O) groups is 10. The van der Waals surface area contributed by atoms with Gasteiger partial charge in [-0.3, -0.25) is 19.2 Å². The number of nitrogens with one attached hydrogen (secondary N) is 6. The summed E-state index contributed by atoms with van der Waals surface area (Å²) in [5.41, 5.74) is 5.87. The van der Waals surface area contributed by atoms with Crippen LogP contribution in [0.1, 0.15) is 77.0 Å². The lowest BCUT2D eigenvalue weighted by molar-refractivity contribution is -0.142. The minimum absolute atomic E-state index is 0.0720. The zero-order valence-electron chi connectivity index (χ0n) is 28.1. The lowest BCUT2D eigenvalue weighted by atomic mass is 10.1. The molecular weight excluding hydrogens is 702 g/mol. The number of urea groups is 2. The second kappa shape index (κ2) is 25.2. The van der Waals surface area contributed by atoms with Gasteiger partial charge in [0.2, 0.25) is 11.8 Å². The van der Waals surface area contributed by atoms with Crippen LogP contribution in [0.15, 0.2) is 0 Å². The number of unbranched alkanes of at least 4 members (excludes halogenated alkanes) is 2. The van der Waals surface area contributed by atoms with E-state index in [0.717, 1.165) is 0 Å². The van der Waals surface area contributed by atoms with Gasteiger partial charge in [-0.05, 0) is 51.4 Å². The molecule has 294 valence electrons. The number of carboxylic acid groups (broad SMARTS) is 6. The van der Waals surface area contributed by atoms with Crippen molar-refractivity contribution in [1.82, 2.24) is 31.9 Å². The maximum absolute atomic E-state index is 12.2. The maximum Gasteiger partial charge on any atom is 0.326 e. The van der Waals surface area contributed by atoms with Crippen molar-refractivity contribution < 1.29 is 78.6 Å². The number of hydrogen-bond acceptors (Lipinski definition) is 11. The predicted octanol–water partition coefficient (Wildman–Crippen LogP) is -2.19. The SMILES string of the molecule is NC(CC(=O)NCCCCC(NC(=O)NC(CCC(=O)O)C(=O)O)C(=O)O)CC(=O)NCCCC[C@@H](NC(=O)N[C@@H](CCC(=O)O)C(=O)O)C(=O)O. The molecule has 0 heterocycles. The first-order chi connectivity index (χ1) is 24.3. The van der Waals surface area contributed by atoms with Crippen molar-refractivity contribution in [1.29, 1.82) is 0 Å². The molecule has 0 aliphatic carbocycles. The van der Waals surface area contributed by atoms with Crippen LogP contribution >= 0.6 is 0 Å². The Morgan fingerprint density at radius 1 is 0.442 bits per heavy atom. The Morgan fingerprint density at radius 3 is 1.00 bits per heavy atom. The summed E-state index contributed by atoms with van der Waals surface area (Å²) in [6, 6.07) is -8.94. The molecule has 0 aliphatic rings. The van der Waals surface area contributed by atoms with Gasteiger partial charge in [0.1, 0.15) is 24.2 Å². The van der Waals surface area contributed by atoms with Gasteiger partial charge in [-0.2, -0.15) is 0 Å². The average molecular weight is 750 g/mol. The third kappa shape index (κ3) is 22.8. The molecule has 6 amide bonds. The van der Waals surface area contributed by atoms with Gasteiger partial charge in [0.15, 0.2) is 0 Å². The molecule has 0 aromatic carbocycles. The Hall–Kier alpha value is -5.74. The molecule has 0 bridgehead atoms. The lowest BCUT2D eigenvalue weighted by Gasteiger charge is -2.18. The normalized spacial score (nSPS) is 13.5. The van der Waals surface area contributed by atoms with Gasteiger partial charge in [0, 0.05) is 44.8 Å². The summed E-state index contributed by atoms with van der Waals surface area (Å²) in [7, 11) is 0. The van der Waals surface area contributed by atoms with E-state index in [1.165, 1.54) is 0 Å². The molecule has 0 saturated heterocycles. The molecular formula is C29H47N7O16. The zero-order valence-corrected chi connectivity index (χ0v) is 28.1. The molecule has 23 nitrogen and oxygen atoms in total. The number of nitrogens with two attached hydrogens (primary N) is 1. The number of carbonyl (C=O) groups excluding carboxylic acids is 4. The van der Waals surface area contributed by atoms with Crippen LogP contribution in [0.2, 0.25) is 0 Å². The summed E-state index contributed by atoms with van der Waals surface area (Å²) >= 11 is 0. The first-order valence-corrected chi connectivity index (χ1v) is 16.1. The van der Waals surface area contributed by atoms with E-state index in [2.05, 4.69) is 21.3 Å². The van der Waals surface area contributed by atoms with Gasteiger partial charge >= 0.3 is 47.9 Å². The molecule has 0 spiro atoms. The summed E-state index contributed by atoms with van der Waals surface area (Å²) in [6.45, 7) is 0.233. The monoisotopic (exact) mass is 749 g/mol. The fourth-order valence-electron chi connectivity index (χ4n) is 4.38. The average Bonchev–Trinajstić information content (AvgIpc) is 3.02. The van der Waals surface area contributed by atoms with Crippen molar-refractivity contribution in [3.05, 3.63) is 0 Å². The molecule has 0 aliphatic heterocycles. The highest BCUT2D eigenvalue weighted by Gasteiger charge is 2.26. The highest BCUT2D eigenvalue weighted by atomic mass is 16.4. The van der Waals surface area contributed by atoms with E-state index in [-0.39, 0.29) is 51.6 Å². The molecule has 52 heavy (non-hydrogen) atoms. The molecule has 0 aromatic heterocycles. The molecule has 0 saturated carbocycles. The number of aliphatic carboxylic acids is 6. The Kier molecular flexibility index (Phi) is 22.5. The van der Waals surface area contributed by atoms with Crippen LogP contribution < -0.4 is 37.6 Å². The van der Waals surface area contributed by atoms with E-state index in [9.17, 15) is 58.2 Å². The van der Waals surface area contributed by atoms with E-state index in [0.29, 0.717) is 12.8 Å². The van der Waals surface area contributed by atoms with E-state index in [1.807, 2.05) is 10.6 Å². The summed E-state index contributed by atoms with van der Waals surface area (Å²) in [5.74, 6) is -9.30. The topological polar surface area (TPSA) is 390 Å². The molecule has 3 unspecified atom stereocenters. The molecule has 23 heteroatoms. The van der Waals surface area contributed by atoms with Crippen molar-refractivity contribution in [3.8, 4) is 0 Å². The Morgan fingerprint density at radius 2 is 0.731 bits per heavy atom. The van der Waals surface area contributed by atoms with Crippen LogP contribution in [-0.2, 0) is 38.4 Å². The van der Waals surface area contributed by atoms with Crippen molar-refractivity contribution in [3.63, 3.8) is 0 Å². The minimum Gasteiger partial charge on any atom is -0.481 e. The van der Waals surface area contributed by atoms with Crippen molar-refractivity contribution in [2.45, 2.75) is 107 Å². The van der Waals surface area contributed by atoms with Crippen LogP contribution in [-0.4, -0.2) is 134 Å². The number of hydrogen-bond donors (Lipinski definition) is 13. The van der Waals surface area contributed by atoms with E-state index < -0.39 is 116 Å². The molecule has 14 N–H and O–H groups in total. The van der Waals surface area contributed by atoms with Gasteiger partial charge in [-0.15, -0.1) is 0 Å². The molecule has 0 rings (SSSR count). The van der Waals surface area contributed by atoms with Crippen molar-refractivity contribution in [2.75, 3.05) is 13.1 Å². The third-order valence-corrected chi connectivity index (χ3v) is 7.09. The maximum atomic E-state index is 12.2. The van der Waals surface area contributed by atoms with Crippen molar-refractivity contribution in [2.24, 2.45) is 5.73 Å². The Labute approximate surface area is 296 Å². The van der Waals surface area contributed by atoms with Crippen LogP contribution in [0.5, 0.6) is 0 Å². The number of rotatable bonds is 28. The van der Waals surface area contributed by atoms with Crippen LogP contribution in [0.25, 0.3) is 0 Å². The van der Waals surface area contributed by atoms with Gasteiger partial charge in [0.05, 0.1) is 0 Å². The summed E-state index contributed by atoms with van der Waals surface area (Å²) in [5, 5.41) is 67.7. The van der Waals surface area contributed by atoms with Gasteiger partial charge < -0.3 is 68.3 Å². The van der Waals surface area contributed by atoms with E-state index >= 15 is 0 Å². The molecule has 0 aromatic rings. The molecule has 0 fully saturated rings. The second-order valence-electron chi connectivity index (χ2n) is 11.5. The van der Waals surface area contributed by atoms with Crippen molar-refractivity contribution >= 4 is 59.7 Å². The highest BCUT2D eigenvalue weighted by Crippen LogP contribution is 2.05. The first kappa shape index (κ1) is 46.3. The minimum atomic E-state index is -1.54. The molecule has 5 atom stereocenters. The first-order valence-electron chi connectivity index (χ1n) is 16.1. The van der Waals surface area contributed by atoms with Gasteiger partial charge in [-0.1, -0.05) is 0 Å². The van der Waals surface area contributed by atoms with Gasteiger partial charge in [-0.25, -0.2) is 28.8 Å². The van der Waals surface area contributed by atoms with E-state index in [1.54, 1.807) is 0 Å². The Balaban J connectivity index is 4.39. The fraction of sp³-hybridized carbons (Fsp3) is 0.655. The van der Waals surface area contributed by atoms with Gasteiger partial charge in [0.25, 0.3) is 0 Å². The summed E-state index contributed by atoms with van der Waals surface area (Å²) in [4.78, 5) is 115. The largest absolute Gasteiger partial charge is 0.481 e. The smallest absolute Gasteiger partial charge is 0.326 e. The third-order valence-electron chi connectivity index (χ3n) is 7.09. The van der Waals surface area contributed by atoms with Crippen LogP contribution in [0.4, 0.5) is 9.59 Å². The molecule has 0 radical (unpaired) electrons. The highest BCUT2D eigenvalue weighted by molar-refractivity contribution is 5.87. The fourth-order valence-corrected chi connectivity index (χ4v) is 4.38. The number of amides is 6. The summed E-state index contributed by atoms with van der Waals surface area (Å²) in [6.07, 6.45) is -1.42. The van der Waals surface area contributed by atoms with Crippen LogP contribution in [0, 0.1) is 0 Å².